The third-order valence-corrected chi connectivity index (χ3v) is 4.82. The number of nitrogens with zero attached hydrogens (tertiary/aromatic N) is 4. The van der Waals surface area contributed by atoms with Crippen molar-refractivity contribution < 1.29 is 9.90 Å². The standard InChI is InChI=1S/C17H15ClN6O2/c1-7-3-4-10(25)12(18)13(7)23-14(19)11(15(20)26)9-5-8(2)16-21-6-22-24(16)17(9)23/h3-6,25H,19H2,1-2H3,(H2,20,26). The van der Waals surface area contributed by atoms with Gasteiger partial charge in [-0.25, -0.2) is 4.98 Å². The molecule has 9 heteroatoms. The summed E-state index contributed by atoms with van der Waals surface area (Å²) in [5.74, 6) is -0.652. The highest BCUT2D eigenvalue weighted by Crippen LogP contribution is 2.39. The van der Waals surface area contributed by atoms with Gasteiger partial charge in [-0.2, -0.15) is 9.61 Å². The van der Waals surface area contributed by atoms with Crippen LogP contribution in [0.25, 0.3) is 22.4 Å². The van der Waals surface area contributed by atoms with Gasteiger partial charge in [-0.3, -0.25) is 9.36 Å². The molecule has 4 rings (SSSR count). The van der Waals surface area contributed by atoms with Crippen LogP contribution in [0.1, 0.15) is 21.5 Å². The van der Waals surface area contributed by atoms with Crippen molar-refractivity contribution in [1.29, 1.82) is 0 Å². The number of fused-ring (bicyclic) bond motifs is 3. The van der Waals surface area contributed by atoms with Crippen LogP contribution in [0.3, 0.4) is 0 Å². The third-order valence-electron chi connectivity index (χ3n) is 4.45. The zero-order valence-corrected chi connectivity index (χ0v) is 14.7. The van der Waals surface area contributed by atoms with Gasteiger partial charge in [-0.15, -0.1) is 0 Å². The Morgan fingerprint density at radius 3 is 2.69 bits per heavy atom. The van der Waals surface area contributed by atoms with Crippen molar-refractivity contribution in [2.45, 2.75) is 13.8 Å². The van der Waals surface area contributed by atoms with Crippen LogP contribution < -0.4 is 11.5 Å². The first kappa shape index (κ1) is 16.2. The number of pyridine rings is 1. The maximum absolute atomic E-state index is 12.1. The number of carbonyl (C=O) groups excluding carboxylic acids is 1. The molecule has 0 spiro atoms. The second-order valence-electron chi connectivity index (χ2n) is 6.08. The van der Waals surface area contributed by atoms with Gasteiger partial charge >= 0.3 is 0 Å². The van der Waals surface area contributed by atoms with E-state index in [-0.39, 0.29) is 22.2 Å². The largest absolute Gasteiger partial charge is 0.506 e. The van der Waals surface area contributed by atoms with Gasteiger partial charge in [0.1, 0.15) is 22.9 Å². The molecule has 1 amide bonds. The zero-order valence-electron chi connectivity index (χ0n) is 14.0. The summed E-state index contributed by atoms with van der Waals surface area (Å²) in [7, 11) is 0. The van der Waals surface area contributed by atoms with Gasteiger partial charge in [0, 0.05) is 5.39 Å². The molecule has 26 heavy (non-hydrogen) atoms. The predicted molar refractivity (Wildman–Crippen MR) is 98.9 cm³/mol. The monoisotopic (exact) mass is 370 g/mol. The molecule has 0 saturated carbocycles. The van der Waals surface area contributed by atoms with Crippen molar-refractivity contribution in [3.63, 3.8) is 0 Å². The molecule has 4 aromatic rings. The number of aryl methyl sites for hydroxylation is 2. The molecule has 0 atom stereocenters. The number of hydrogen-bond donors (Lipinski definition) is 3. The molecule has 0 aliphatic heterocycles. The average Bonchev–Trinajstić information content (AvgIpc) is 3.15. The summed E-state index contributed by atoms with van der Waals surface area (Å²) >= 11 is 6.36. The number of aromatic nitrogens is 4. The van der Waals surface area contributed by atoms with Crippen LogP contribution in [-0.4, -0.2) is 30.2 Å². The van der Waals surface area contributed by atoms with E-state index in [2.05, 4.69) is 10.1 Å². The summed E-state index contributed by atoms with van der Waals surface area (Å²) in [5.41, 5.74) is 15.2. The lowest BCUT2D eigenvalue weighted by molar-refractivity contribution is 0.100. The van der Waals surface area contributed by atoms with E-state index in [0.717, 1.165) is 11.1 Å². The molecule has 0 unspecified atom stereocenters. The van der Waals surface area contributed by atoms with Gasteiger partial charge in [0.05, 0.1) is 11.3 Å². The van der Waals surface area contributed by atoms with E-state index in [1.807, 2.05) is 13.8 Å². The molecule has 0 saturated heterocycles. The number of aromatic hydroxyl groups is 1. The van der Waals surface area contributed by atoms with Crippen LogP contribution >= 0.6 is 11.6 Å². The van der Waals surface area contributed by atoms with E-state index in [4.69, 9.17) is 23.1 Å². The van der Waals surface area contributed by atoms with Gasteiger partial charge in [0.25, 0.3) is 5.91 Å². The summed E-state index contributed by atoms with van der Waals surface area (Å²) in [5, 5.41) is 15.0. The number of carbonyl (C=O) groups is 1. The predicted octanol–water partition coefficient (Wildman–Crippen LogP) is 2.33. The molecule has 132 valence electrons. The lowest BCUT2D eigenvalue weighted by Crippen LogP contribution is -2.14. The fraction of sp³-hybridized carbons (Fsp3) is 0.118. The Labute approximate surface area is 152 Å². The molecular formula is C17H15ClN6O2. The Morgan fingerprint density at radius 1 is 1.27 bits per heavy atom. The number of anilines is 1. The highest BCUT2D eigenvalue weighted by Gasteiger charge is 2.26. The summed E-state index contributed by atoms with van der Waals surface area (Å²) in [6.07, 6.45) is 1.41. The van der Waals surface area contributed by atoms with Gasteiger partial charge in [0.2, 0.25) is 0 Å². The Morgan fingerprint density at radius 2 is 2.00 bits per heavy atom. The van der Waals surface area contributed by atoms with Crippen molar-refractivity contribution in [2.24, 2.45) is 5.73 Å². The molecule has 0 bridgehead atoms. The number of phenolic OH excluding ortho intramolecular Hbond substituents is 1. The van der Waals surface area contributed by atoms with Gasteiger partial charge in [-0.1, -0.05) is 17.7 Å². The first-order valence-electron chi connectivity index (χ1n) is 7.74. The number of hydrogen-bond acceptors (Lipinski definition) is 5. The Balaban J connectivity index is 2.31. The lowest BCUT2D eigenvalue weighted by atomic mass is 10.1. The molecule has 0 aliphatic rings. The van der Waals surface area contributed by atoms with Gasteiger partial charge < -0.3 is 16.6 Å². The Hall–Kier alpha value is -3.26. The van der Waals surface area contributed by atoms with E-state index in [9.17, 15) is 9.90 Å². The van der Waals surface area contributed by atoms with E-state index in [0.29, 0.717) is 22.4 Å². The maximum atomic E-state index is 12.1. The summed E-state index contributed by atoms with van der Waals surface area (Å²) < 4.78 is 3.15. The van der Waals surface area contributed by atoms with Crippen LogP contribution in [0.4, 0.5) is 5.82 Å². The number of rotatable bonds is 2. The molecule has 0 aliphatic carbocycles. The number of halogens is 1. The quantitative estimate of drug-likeness (QED) is 0.499. The Kier molecular flexibility index (Phi) is 3.35. The molecule has 0 fully saturated rings. The summed E-state index contributed by atoms with van der Waals surface area (Å²) in [6, 6.07) is 4.99. The number of benzene rings is 1. The summed E-state index contributed by atoms with van der Waals surface area (Å²) in [4.78, 5) is 16.4. The molecule has 5 N–H and O–H groups in total. The second kappa shape index (κ2) is 5.37. The number of primary amides is 1. The van der Waals surface area contributed by atoms with Crippen LogP contribution in [-0.2, 0) is 0 Å². The SMILES string of the molecule is Cc1ccc(O)c(Cl)c1-n1c(N)c(C(N)=O)c2cc(C)c3ncnn3c21. The van der Waals surface area contributed by atoms with Gasteiger partial charge in [-0.05, 0) is 37.1 Å². The smallest absolute Gasteiger partial charge is 0.253 e. The number of phenols is 1. The van der Waals surface area contributed by atoms with Crippen molar-refractivity contribution in [3.05, 3.63) is 46.2 Å². The van der Waals surface area contributed by atoms with E-state index < -0.39 is 5.91 Å². The normalized spacial score (nSPS) is 11.5. The van der Waals surface area contributed by atoms with Crippen molar-refractivity contribution in [2.75, 3.05) is 5.73 Å². The van der Waals surface area contributed by atoms with E-state index in [1.165, 1.54) is 12.4 Å². The number of nitrogen functional groups attached to an aromatic ring is 1. The fourth-order valence-corrected chi connectivity index (χ4v) is 3.59. The van der Waals surface area contributed by atoms with Gasteiger partial charge in [0.15, 0.2) is 11.3 Å². The first-order chi connectivity index (χ1) is 12.3. The molecule has 8 nitrogen and oxygen atoms in total. The molecule has 3 heterocycles. The maximum Gasteiger partial charge on any atom is 0.253 e. The molecule has 3 aromatic heterocycles. The minimum absolute atomic E-state index is 0.101. The first-order valence-corrected chi connectivity index (χ1v) is 8.12. The molecule has 1 aromatic carbocycles. The van der Waals surface area contributed by atoms with Crippen LogP contribution in [0.2, 0.25) is 5.02 Å². The van der Waals surface area contributed by atoms with Crippen molar-refractivity contribution in [3.8, 4) is 11.4 Å². The van der Waals surface area contributed by atoms with Crippen molar-refractivity contribution >= 4 is 40.0 Å². The van der Waals surface area contributed by atoms with Crippen LogP contribution in [0, 0.1) is 13.8 Å². The van der Waals surface area contributed by atoms with E-state index in [1.54, 1.807) is 21.2 Å². The number of nitrogens with two attached hydrogens (primary N) is 2. The van der Waals surface area contributed by atoms with Crippen LogP contribution in [0.15, 0.2) is 24.5 Å². The molecule has 0 radical (unpaired) electrons. The lowest BCUT2D eigenvalue weighted by Gasteiger charge is -2.14. The minimum atomic E-state index is -0.668. The van der Waals surface area contributed by atoms with Crippen LogP contribution in [0.5, 0.6) is 5.75 Å². The highest BCUT2D eigenvalue weighted by atomic mass is 35.5. The molecular weight excluding hydrogens is 356 g/mol. The minimum Gasteiger partial charge on any atom is -0.506 e. The second-order valence-corrected chi connectivity index (χ2v) is 6.46. The zero-order chi connectivity index (χ0) is 18.7. The van der Waals surface area contributed by atoms with Crippen molar-refractivity contribution in [1.82, 2.24) is 19.2 Å². The average molecular weight is 371 g/mol. The topological polar surface area (TPSA) is 124 Å². The summed E-state index contributed by atoms with van der Waals surface area (Å²) in [6.45, 7) is 3.68. The highest BCUT2D eigenvalue weighted by molar-refractivity contribution is 6.34. The number of amides is 1. The fourth-order valence-electron chi connectivity index (χ4n) is 3.30. The Bertz CT molecular complexity index is 1220. The third kappa shape index (κ3) is 1.99. The van der Waals surface area contributed by atoms with E-state index >= 15 is 0 Å².